The maximum Gasteiger partial charge on any atom is 0.153 e. The molecule has 0 N–H and O–H groups in total. The van der Waals surface area contributed by atoms with Gasteiger partial charge in [0.1, 0.15) is 5.75 Å². The largest absolute Gasteiger partial charge is 0.493 e. The minimum atomic E-state index is 0.620. The molecule has 0 heterocycles. The molecule has 2 aromatic rings. The number of ether oxygens (including phenoxy) is 1. The molecule has 0 bridgehead atoms. The van der Waals surface area contributed by atoms with Crippen LogP contribution < -0.4 is 4.74 Å². The van der Waals surface area contributed by atoms with Crippen molar-refractivity contribution in [3.8, 4) is 16.9 Å². The average Bonchev–Trinajstić information content (AvgIpc) is 2.59. The van der Waals surface area contributed by atoms with Crippen LogP contribution in [0.4, 0.5) is 0 Å². The topological polar surface area (TPSA) is 26.3 Å². The molecule has 2 heteroatoms. The Hall–Kier alpha value is -2.09. The summed E-state index contributed by atoms with van der Waals surface area (Å²) in [5.41, 5.74) is 2.77. The first kappa shape index (κ1) is 16.3. The first-order valence-corrected chi connectivity index (χ1v) is 8.12. The number of benzene rings is 2. The summed E-state index contributed by atoms with van der Waals surface area (Å²) in [5.74, 6) is 0.685. The Morgan fingerprint density at radius 2 is 1.68 bits per heavy atom. The number of unbranched alkanes of at least 4 members (excludes halogenated alkanes) is 4. The Morgan fingerprint density at radius 3 is 2.41 bits per heavy atom. The summed E-state index contributed by atoms with van der Waals surface area (Å²) in [4.78, 5) is 11.3. The summed E-state index contributed by atoms with van der Waals surface area (Å²) >= 11 is 0. The highest BCUT2D eigenvalue weighted by Crippen LogP contribution is 2.26. The Morgan fingerprint density at radius 1 is 0.909 bits per heavy atom. The predicted octanol–water partition coefficient (Wildman–Crippen LogP) is 5.52. The summed E-state index contributed by atoms with van der Waals surface area (Å²) < 4.78 is 5.77. The number of rotatable bonds is 9. The molecule has 0 spiro atoms. The summed E-state index contributed by atoms with van der Waals surface area (Å²) in [6, 6.07) is 15.9. The maximum absolute atomic E-state index is 11.3. The lowest BCUT2D eigenvalue weighted by molar-refractivity contribution is 0.111. The smallest absolute Gasteiger partial charge is 0.153 e. The molecule has 0 amide bonds. The maximum atomic E-state index is 11.3. The molecule has 2 nitrogen and oxygen atoms in total. The van der Waals surface area contributed by atoms with E-state index in [-0.39, 0.29) is 0 Å². The fourth-order valence-corrected chi connectivity index (χ4v) is 2.47. The Kier molecular flexibility index (Phi) is 6.69. The zero-order chi connectivity index (χ0) is 15.6. The fourth-order valence-electron chi connectivity index (χ4n) is 2.47. The minimum absolute atomic E-state index is 0.620. The van der Waals surface area contributed by atoms with Crippen LogP contribution in [0, 0.1) is 0 Å². The highest BCUT2D eigenvalue weighted by molar-refractivity contribution is 5.83. The van der Waals surface area contributed by atoms with Gasteiger partial charge in [-0.1, -0.05) is 69.0 Å². The molecule has 0 saturated carbocycles. The van der Waals surface area contributed by atoms with Gasteiger partial charge in [0.15, 0.2) is 6.29 Å². The summed E-state index contributed by atoms with van der Waals surface area (Å²) in [5, 5.41) is 0. The average molecular weight is 296 g/mol. The lowest BCUT2D eigenvalue weighted by Gasteiger charge is -2.10. The van der Waals surface area contributed by atoms with Gasteiger partial charge in [-0.3, -0.25) is 4.79 Å². The first-order chi connectivity index (χ1) is 10.8. The number of hydrogen-bond acceptors (Lipinski definition) is 2. The van der Waals surface area contributed by atoms with Crippen molar-refractivity contribution in [2.24, 2.45) is 0 Å². The lowest BCUT2D eigenvalue weighted by atomic mass is 10.0. The minimum Gasteiger partial charge on any atom is -0.493 e. The third kappa shape index (κ3) is 4.73. The van der Waals surface area contributed by atoms with Crippen molar-refractivity contribution in [1.82, 2.24) is 0 Å². The van der Waals surface area contributed by atoms with E-state index in [0.29, 0.717) is 17.9 Å². The fraction of sp³-hybridized carbons (Fsp3) is 0.350. The molecule has 0 aliphatic heterocycles. The zero-order valence-corrected chi connectivity index (χ0v) is 13.3. The van der Waals surface area contributed by atoms with E-state index in [1.807, 2.05) is 48.5 Å². The van der Waals surface area contributed by atoms with Crippen LogP contribution in [0.1, 0.15) is 49.4 Å². The van der Waals surface area contributed by atoms with Crippen LogP contribution in [0.3, 0.4) is 0 Å². The van der Waals surface area contributed by atoms with E-state index >= 15 is 0 Å². The van der Waals surface area contributed by atoms with E-state index in [1.165, 1.54) is 25.7 Å². The molecule has 0 fully saturated rings. The molecule has 0 unspecified atom stereocenters. The van der Waals surface area contributed by atoms with Gasteiger partial charge in [0.2, 0.25) is 0 Å². The monoisotopic (exact) mass is 296 g/mol. The molecular weight excluding hydrogens is 272 g/mol. The summed E-state index contributed by atoms with van der Waals surface area (Å²) in [7, 11) is 0. The van der Waals surface area contributed by atoms with Gasteiger partial charge in [-0.25, -0.2) is 0 Å². The van der Waals surface area contributed by atoms with E-state index in [9.17, 15) is 4.79 Å². The SMILES string of the molecule is CCCCCCCOc1ccc(-c2ccccc2)cc1C=O. The normalized spacial score (nSPS) is 10.4. The van der Waals surface area contributed by atoms with E-state index in [2.05, 4.69) is 6.92 Å². The van der Waals surface area contributed by atoms with Crippen LogP contribution in [0.2, 0.25) is 0 Å². The third-order valence-electron chi connectivity index (χ3n) is 3.75. The Labute approximate surface area is 133 Å². The molecule has 0 saturated heterocycles. The molecule has 2 rings (SSSR count). The van der Waals surface area contributed by atoms with Gasteiger partial charge >= 0.3 is 0 Å². The molecule has 0 atom stereocenters. The molecule has 0 radical (unpaired) electrons. The van der Waals surface area contributed by atoms with Crippen LogP contribution in [-0.4, -0.2) is 12.9 Å². The molecule has 116 valence electrons. The van der Waals surface area contributed by atoms with Gasteiger partial charge in [0.05, 0.1) is 12.2 Å². The molecule has 22 heavy (non-hydrogen) atoms. The second-order valence-corrected chi connectivity index (χ2v) is 5.50. The van der Waals surface area contributed by atoms with Crippen molar-refractivity contribution in [1.29, 1.82) is 0 Å². The van der Waals surface area contributed by atoms with Gasteiger partial charge in [-0.15, -0.1) is 0 Å². The summed E-state index contributed by atoms with van der Waals surface area (Å²) in [6.45, 7) is 2.89. The van der Waals surface area contributed by atoms with E-state index in [4.69, 9.17) is 4.74 Å². The predicted molar refractivity (Wildman–Crippen MR) is 91.5 cm³/mol. The molecule has 0 aliphatic rings. The van der Waals surface area contributed by atoms with E-state index in [1.54, 1.807) is 0 Å². The van der Waals surface area contributed by atoms with Gasteiger partial charge in [-0.05, 0) is 29.7 Å². The van der Waals surface area contributed by atoms with E-state index in [0.717, 1.165) is 23.8 Å². The molecular formula is C20H24O2. The standard InChI is InChI=1S/C20H24O2/c1-2-3-4-5-9-14-22-20-13-12-18(15-19(20)16-21)17-10-7-6-8-11-17/h6-8,10-13,15-16H,2-5,9,14H2,1H3. The third-order valence-corrected chi connectivity index (χ3v) is 3.75. The van der Waals surface area contributed by atoms with Crippen LogP contribution >= 0.6 is 0 Å². The second kappa shape index (κ2) is 9.04. The zero-order valence-electron chi connectivity index (χ0n) is 13.3. The van der Waals surface area contributed by atoms with Crippen molar-refractivity contribution in [3.63, 3.8) is 0 Å². The van der Waals surface area contributed by atoms with Gasteiger partial charge in [-0.2, -0.15) is 0 Å². The van der Waals surface area contributed by atoms with Crippen molar-refractivity contribution in [2.75, 3.05) is 6.61 Å². The molecule has 0 aromatic heterocycles. The second-order valence-electron chi connectivity index (χ2n) is 5.50. The Balaban J connectivity index is 1.96. The van der Waals surface area contributed by atoms with Crippen molar-refractivity contribution >= 4 is 6.29 Å². The van der Waals surface area contributed by atoms with Crippen LogP contribution in [0.15, 0.2) is 48.5 Å². The quantitative estimate of drug-likeness (QED) is 0.450. The van der Waals surface area contributed by atoms with Crippen LogP contribution in [-0.2, 0) is 0 Å². The first-order valence-electron chi connectivity index (χ1n) is 8.12. The number of aldehydes is 1. The Bertz CT molecular complexity index is 576. The van der Waals surface area contributed by atoms with Crippen molar-refractivity contribution in [3.05, 3.63) is 54.1 Å². The van der Waals surface area contributed by atoms with Crippen LogP contribution in [0.25, 0.3) is 11.1 Å². The van der Waals surface area contributed by atoms with Gasteiger partial charge < -0.3 is 4.74 Å². The van der Waals surface area contributed by atoms with Gasteiger partial charge in [0, 0.05) is 0 Å². The highest BCUT2D eigenvalue weighted by Gasteiger charge is 2.06. The summed E-state index contributed by atoms with van der Waals surface area (Å²) in [6.07, 6.45) is 6.89. The lowest BCUT2D eigenvalue weighted by Crippen LogP contribution is -2.00. The molecule has 2 aromatic carbocycles. The van der Waals surface area contributed by atoms with Crippen LogP contribution in [0.5, 0.6) is 5.75 Å². The van der Waals surface area contributed by atoms with Crippen molar-refractivity contribution < 1.29 is 9.53 Å². The highest BCUT2D eigenvalue weighted by atomic mass is 16.5. The number of carbonyl (C=O) groups is 1. The number of hydrogen-bond donors (Lipinski definition) is 0. The van der Waals surface area contributed by atoms with Crippen molar-refractivity contribution in [2.45, 2.75) is 39.0 Å². The van der Waals surface area contributed by atoms with Gasteiger partial charge in [0.25, 0.3) is 0 Å². The molecule has 0 aliphatic carbocycles. The number of carbonyl (C=O) groups excluding carboxylic acids is 1. The van der Waals surface area contributed by atoms with E-state index < -0.39 is 0 Å².